The molecule has 0 saturated carbocycles. The molecule has 114 valence electrons. The number of hydroxylamine groups is 2. The summed E-state index contributed by atoms with van der Waals surface area (Å²) in [6, 6.07) is 8.51. The number of hydrogen-bond donors (Lipinski definition) is 1. The Balaban J connectivity index is 2.52. The predicted molar refractivity (Wildman–Crippen MR) is 78.1 cm³/mol. The van der Waals surface area contributed by atoms with Crippen LogP contribution in [0.1, 0.15) is 12.0 Å². The highest BCUT2D eigenvalue weighted by Crippen LogP contribution is 2.03. The first kappa shape index (κ1) is 16.7. The lowest BCUT2D eigenvalue weighted by Crippen LogP contribution is -2.46. The molecular formula is C15H20N2O4. The number of nitrogens with one attached hydrogen (secondary N) is 1. The number of benzene rings is 1. The van der Waals surface area contributed by atoms with Gasteiger partial charge >= 0.3 is 6.09 Å². The number of carbonyl (C=O) groups is 2. The monoisotopic (exact) mass is 292 g/mol. The predicted octanol–water partition coefficient (Wildman–Crippen LogP) is 1.88. The maximum atomic E-state index is 12.0. The van der Waals surface area contributed by atoms with E-state index in [0.29, 0.717) is 0 Å². The van der Waals surface area contributed by atoms with E-state index in [9.17, 15) is 9.59 Å². The van der Waals surface area contributed by atoms with Crippen LogP contribution < -0.4 is 5.32 Å². The van der Waals surface area contributed by atoms with Crippen LogP contribution in [0.5, 0.6) is 0 Å². The Morgan fingerprint density at radius 1 is 1.38 bits per heavy atom. The highest BCUT2D eigenvalue weighted by atomic mass is 16.7. The van der Waals surface area contributed by atoms with E-state index in [-0.39, 0.29) is 18.9 Å². The van der Waals surface area contributed by atoms with Crippen LogP contribution in [-0.2, 0) is 21.0 Å². The van der Waals surface area contributed by atoms with Gasteiger partial charge in [0.2, 0.25) is 0 Å². The van der Waals surface area contributed by atoms with E-state index in [1.165, 1.54) is 14.2 Å². The molecule has 0 bridgehead atoms. The summed E-state index contributed by atoms with van der Waals surface area (Å²) in [5.41, 5.74) is 0.869. The highest BCUT2D eigenvalue weighted by molar-refractivity contribution is 5.84. The Morgan fingerprint density at radius 3 is 2.62 bits per heavy atom. The van der Waals surface area contributed by atoms with Crippen molar-refractivity contribution in [1.82, 2.24) is 10.4 Å². The number of likely N-dealkylation sites (N-methyl/N-ethyl adjacent to an activating group) is 1. The van der Waals surface area contributed by atoms with E-state index in [2.05, 4.69) is 11.9 Å². The van der Waals surface area contributed by atoms with Crippen LogP contribution in [0.3, 0.4) is 0 Å². The van der Waals surface area contributed by atoms with Gasteiger partial charge in [0.15, 0.2) is 0 Å². The lowest BCUT2D eigenvalue weighted by Gasteiger charge is -2.21. The molecule has 0 spiro atoms. The van der Waals surface area contributed by atoms with Crippen molar-refractivity contribution in [2.75, 3.05) is 14.2 Å². The molecule has 0 aliphatic carbocycles. The Hall–Kier alpha value is -2.34. The molecule has 0 saturated heterocycles. The van der Waals surface area contributed by atoms with Gasteiger partial charge in [-0.2, -0.15) is 0 Å². The first-order valence-electron chi connectivity index (χ1n) is 6.48. The van der Waals surface area contributed by atoms with Crippen molar-refractivity contribution in [2.45, 2.75) is 19.1 Å². The average Bonchev–Trinajstić information content (AvgIpc) is 2.52. The Labute approximate surface area is 124 Å². The summed E-state index contributed by atoms with van der Waals surface area (Å²) >= 11 is 0. The number of nitrogens with zero attached hydrogens (tertiary/aromatic N) is 1. The number of alkyl carbamates (subject to hydrolysis) is 1. The minimum atomic E-state index is -0.768. The summed E-state index contributed by atoms with van der Waals surface area (Å²) in [5.74, 6) is -0.380. The molecule has 21 heavy (non-hydrogen) atoms. The second-order valence-electron chi connectivity index (χ2n) is 4.30. The number of ether oxygens (including phenoxy) is 1. The average molecular weight is 292 g/mol. The molecule has 0 aliphatic rings. The van der Waals surface area contributed by atoms with Crippen LogP contribution in [0.2, 0.25) is 0 Å². The fourth-order valence-corrected chi connectivity index (χ4v) is 1.60. The van der Waals surface area contributed by atoms with Crippen molar-refractivity contribution in [1.29, 1.82) is 0 Å². The third-order valence-corrected chi connectivity index (χ3v) is 2.79. The minimum Gasteiger partial charge on any atom is -0.445 e. The van der Waals surface area contributed by atoms with Crippen molar-refractivity contribution < 1.29 is 19.2 Å². The lowest BCUT2D eigenvalue weighted by molar-refractivity contribution is -0.170. The molecule has 0 radical (unpaired) electrons. The van der Waals surface area contributed by atoms with E-state index in [0.717, 1.165) is 10.6 Å². The number of amides is 2. The van der Waals surface area contributed by atoms with Crippen molar-refractivity contribution in [2.24, 2.45) is 0 Å². The fourth-order valence-electron chi connectivity index (χ4n) is 1.60. The summed E-state index contributed by atoms with van der Waals surface area (Å²) in [4.78, 5) is 28.5. The standard InChI is InChI=1S/C15H20N2O4/c1-4-8-13(14(18)17(2)20-3)16-15(19)21-11-12-9-6-5-7-10-12/h4-7,9-10,13H,1,8,11H2,2-3H3,(H,16,19). The second-order valence-corrected chi connectivity index (χ2v) is 4.30. The van der Waals surface area contributed by atoms with Gasteiger partial charge in [-0.3, -0.25) is 9.63 Å². The van der Waals surface area contributed by atoms with Gasteiger partial charge in [0.05, 0.1) is 7.11 Å². The first-order chi connectivity index (χ1) is 10.1. The van der Waals surface area contributed by atoms with Gasteiger partial charge in [-0.05, 0) is 12.0 Å². The molecule has 1 unspecified atom stereocenters. The van der Waals surface area contributed by atoms with Gasteiger partial charge in [-0.1, -0.05) is 36.4 Å². The molecule has 1 atom stereocenters. The van der Waals surface area contributed by atoms with Crippen molar-refractivity contribution in [3.8, 4) is 0 Å². The lowest BCUT2D eigenvalue weighted by atomic mass is 10.2. The van der Waals surface area contributed by atoms with Crippen molar-refractivity contribution in [3.63, 3.8) is 0 Å². The smallest absolute Gasteiger partial charge is 0.408 e. The minimum absolute atomic E-state index is 0.141. The largest absolute Gasteiger partial charge is 0.445 e. The maximum Gasteiger partial charge on any atom is 0.408 e. The highest BCUT2D eigenvalue weighted by Gasteiger charge is 2.23. The van der Waals surface area contributed by atoms with Crippen LogP contribution in [0.15, 0.2) is 43.0 Å². The summed E-state index contributed by atoms with van der Waals surface area (Å²) in [6.07, 6.45) is 1.17. The van der Waals surface area contributed by atoms with Crippen LogP contribution in [0.4, 0.5) is 4.79 Å². The van der Waals surface area contributed by atoms with Gasteiger partial charge in [-0.25, -0.2) is 9.86 Å². The van der Waals surface area contributed by atoms with Gasteiger partial charge in [-0.15, -0.1) is 6.58 Å². The quantitative estimate of drug-likeness (QED) is 0.615. The maximum absolute atomic E-state index is 12.0. The Kier molecular flexibility index (Phi) is 6.97. The molecule has 0 aliphatic heterocycles. The molecule has 1 aromatic rings. The summed E-state index contributed by atoms with van der Waals surface area (Å²) in [7, 11) is 2.84. The molecule has 6 heteroatoms. The molecule has 2 amide bonds. The third-order valence-electron chi connectivity index (χ3n) is 2.79. The third kappa shape index (κ3) is 5.66. The zero-order chi connectivity index (χ0) is 15.7. The van der Waals surface area contributed by atoms with E-state index in [1.807, 2.05) is 30.3 Å². The molecule has 0 fully saturated rings. The van der Waals surface area contributed by atoms with Gasteiger partial charge in [0, 0.05) is 7.05 Å². The Bertz CT molecular complexity index is 476. The summed E-state index contributed by atoms with van der Waals surface area (Å²) in [6.45, 7) is 3.71. The van der Waals surface area contributed by atoms with Crippen LogP contribution in [0.25, 0.3) is 0 Å². The number of rotatable bonds is 7. The summed E-state index contributed by atoms with van der Waals surface area (Å²) < 4.78 is 5.07. The normalized spacial score (nSPS) is 11.3. The van der Waals surface area contributed by atoms with Gasteiger partial charge in [0.25, 0.3) is 5.91 Å². The molecule has 1 N–H and O–H groups in total. The second kappa shape index (κ2) is 8.76. The number of carbonyl (C=O) groups excluding carboxylic acids is 2. The van der Waals surface area contributed by atoms with E-state index >= 15 is 0 Å². The molecule has 1 rings (SSSR count). The topological polar surface area (TPSA) is 67.9 Å². The SMILES string of the molecule is C=CCC(NC(=O)OCc1ccccc1)C(=O)N(C)OC. The zero-order valence-electron chi connectivity index (χ0n) is 12.2. The van der Waals surface area contributed by atoms with E-state index < -0.39 is 12.1 Å². The zero-order valence-corrected chi connectivity index (χ0v) is 12.2. The fraction of sp³-hybridized carbons (Fsp3) is 0.333. The van der Waals surface area contributed by atoms with Crippen LogP contribution >= 0.6 is 0 Å². The van der Waals surface area contributed by atoms with Crippen LogP contribution in [0, 0.1) is 0 Å². The molecule has 1 aromatic carbocycles. The van der Waals surface area contributed by atoms with Crippen molar-refractivity contribution in [3.05, 3.63) is 48.6 Å². The van der Waals surface area contributed by atoms with Crippen molar-refractivity contribution >= 4 is 12.0 Å². The Morgan fingerprint density at radius 2 is 2.05 bits per heavy atom. The van der Waals surface area contributed by atoms with Crippen LogP contribution in [-0.4, -0.2) is 37.3 Å². The molecule has 6 nitrogen and oxygen atoms in total. The molecular weight excluding hydrogens is 272 g/mol. The van der Waals surface area contributed by atoms with Gasteiger partial charge in [0.1, 0.15) is 12.6 Å². The van der Waals surface area contributed by atoms with Gasteiger partial charge < -0.3 is 10.1 Å². The van der Waals surface area contributed by atoms with E-state index in [1.54, 1.807) is 6.08 Å². The van der Waals surface area contributed by atoms with E-state index in [4.69, 9.17) is 9.57 Å². The molecule has 0 heterocycles. The first-order valence-corrected chi connectivity index (χ1v) is 6.48. The molecule has 0 aromatic heterocycles. The summed E-state index contributed by atoms with van der Waals surface area (Å²) in [5, 5.41) is 3.55. The number of hydrogen-bond acceptors (Lipinski definition) is 4.